The molecule has 11 nitrogen and oxygen atoms in total. The lowest BCUT2D eigenvalue weighted by Gasteiger charge is -2.33. The van der Waals surface area contributed by atoms with Gasteiger partial charge < -0.3 is 34.5 Å². The van der Waals surface area contributed by atoms with Crippen molar-refractivity contribution in [2.75, 3.05) is 37.6 Å². The van der Waals surface area contributed by atoms with Crippen molar-refractivity contribution in [1.82, 2.24) is 9.88 Å². The Bertz CT molecular complexity index is 1680. The molecule has 3 N–H and O–H groups in total. The Morgan fingerprint density at radius 1 is 1.11 bits per heavy atom. The summed E-state index contributed by atoms with van der Waals surface area (Å²) < 4.78 is 30.0. The van der Waals surface area contributed by atoms with E-state index in [9.17, 15) is 24.3 Å². The Labute approximate surface area is 253 Å². The van der Waals surface area contributed by atoms with Gasteiger partial charge in [-0.05, 0) is 68.8 Å². The quantitative estimate of drug-likeness (QED) is 0.165. The van der Waals surface area contributed by atoms with Crippen LogP contribution in [-0.2, 0) is 4.74 Å². The Morgan fingerprint density at radius 3 is 2.57 bits per heavy atom. The Balaban J connectivity index is 1.77. The lowest BCUT2D eigenvalue weighted by molar-refractivity contribution is 0.0513. The number of furan rings is 1. The number of carbonyl (C=O) groups is 2. The Hall–Kier alpha value is -5.41. The standard InChI is InChI=1S/C32H32FN5O6/c1-32(2,3)38(31(40)41)13-12-35-22-8-5-7-20(15-22)24-17-26(23-11-10-21(33)16-28(23)44-19-42-4)36-29(25(24)18-34)37-30(39)27-9-6-14-43-27/h5-11,14-17,35H,12-13,19H2,1-4H3,(H,40,41)(H,36,37,39). The summed E-state index contributed by atoms with van der Waals surface area (Å²) >= 11 is 0. The van der Waals surface area contributed by atoms with E-state index >= 15 is 0 Å². The molecule has 0 saturated carbocycles. The van der Waals surface area contributed by atoms with Crippen LogP contribution in [0.5, 0.6) is 5.75 Å². The first-order valence-corrected chi connectivity index (χ1v) is 13.6. The molecule has 0 aliphatic carbocycles. The van der Waals surface area contributed by atoms with Crippen molar-refractivity contribution in [2.45, 2.75) is 26.3 Å². The largest absolute Gasteiger partial charge is 0.467 e. The molecule has 0 fully saturated rings. The molecule has 2 aromatic carbocycles. The topological polar surface area (TPSA) is 150 Å². The lowest BCUT2D eigenvalue weighted by atomic mass is 9.97. The monoisotopic (exact) mass is 601 g/mol. The number of hydrogen-bond acceptors (Lipinski definition) is 8. The van der Waals surface area contributed by atoms with Gasteiger partial charge in [-0.2, -0.15) is 5.26 Å². The molecule has 2 aromatic heterocycles. The van der Waals surface area contributed by atoms with Gasteiger partial charge in [0.25, 0.3) is 5.91 Å². The van der Waals surface area contributed by atoms with Crippen molar-refractivity contribution in [1.29, 1.82) is 5.26 Å². The number of anilines is 2. The van der Waals surface area contributed by atoms with Crippen LogP contribution >= 0.6 is 0 Å². The number of nitrogens with one attached hydrogen (secondary N) is 2. The molecular formula is C32H32FN5O6. The number of benzene rings is 2. The van der Waals surface area contributed by atoms with E-state index in [2.05, 4.69) is 21.7 Å². The number of amides is 2. The van der Waals surface area contributed by atoms with Crippen LogP contribution in [0.25, 0.3) is 22.4 Å². The maximum absolute atomic E-state index is 14.2. The second-order valence-electron chi connectivity index (χ2n) is 10.6. The van der Waals surface area contributed by atoms with Crippen molar-refractivity contribution in [3.63, 3.8) is 0 Å². The molecule has 2 heterocycles. The fraction of sp³-hybridized carbons (Fsp3) is 0.250. The van der Waals surface area contributed by atoms with Crippen molar-refractivity contribution in [2.24, 2.45) is 0 Å². The summed E-state index contributed by atoms with van der Waals surface area (Å²) in [5, 5.41) is 25.7. The first-order chi connectivity index (χ1) is 21.0. The number of aromatic nitrogens is 1. The van der Waals surface area contributed by atoms with E-state index in [0.717, 1.165) is 0 Å². The molecule has 2 amide bonds. The van der Waals surface area contributed by atoms with E-state index < -0.39 is 23.4 Å². The molecule has 0 bridgehead atoms. The smallest absolute Gasteiger partial charge is 0.407 e. The maximum Gasteiger partial charge on any atom is 0.407 e. The molecule has 44 heavy (non-hydrogen) atoms. The molecule has 228 valence electrons. The van der Waals surface area contributed by atoms with Gasteiger partial charge in [-0.25, -0.2) is 14.2 Å². The van der Waals surface area contributed by atoms with Crippen LogP contribution in [0.1, 0.15) is 36.9 Å². The van der Waals surface area contributed by atoms with E-state index in [1.165, 1.54) is 42.5 Å². The third kappa shape index (κ3) is 7.50. The lowest BCUT2D eigenvalue weighted by Crippen LogP contribution is -2.47. The highest BCUT2D eigenvalue weighted by Crippen LogP contribution is 2.37. The molecule has 4 aromatic rings. The fourth-order valence-electron chi connectivity index (χ4n) is 4.47. The van der Waals surface area contributed by atoms with Crippen LogP contribution in [0.2, 0.25) is 0 Å². The number of carbonyl (C=O) groups excluding carboxylic acids is 1. The Kier molecular flexibility index (Phi) is 9.82. The second-order valence-corrected chi connectivity index (χ2v) is 10.6. The minimum atomic E-state index is -1.02. The number of halogens is 1. The number of ether oxygens (including phenoxy) is 2. The van der Waals surface area contributed by atoms with Crippen molar-refractivity contribution in [3.8, 4) is 34.2 Å². The number of hydrogen-bond donors (Lipinski definition) is 3. The summed E-state index contributed by atoms with van der Waals surface area (Å²) in [5.74, 6) is -1.02. The first kappa shape index (κ1) is 31.5. The number of nitrogens with zero attached hydrogens (tertiary/aromatic N) is 3. The molecule has 0 radical (unpaired) electrons. The molecule has 0 aliphatic rings. The van der Waals surface area contributed by atoms with Gasteiger partial charge in [0.2, 0.25) is 0 Å². The van der Waals surface area contributed by atoms with Crippen LogP contribution in [0.15, 0.2) is 71.3 Å². The van der Waals surface area contributed by atoms with Crippen LogP contribution in [0, 0.1) is 17.1 Å². The fourth-order valence-corrected chi connectivity index (χ4v) is 4.47. The minimum absolute atomic E-state index is 0.0189. The van der Waals surface area contributed by atoms with Gasteiger partial charge in [-0.15, -0.1) is 0 Å². The van der Waals surface area contributed by atoms with Crippen LogP contribution in [-0.4, -0.2) is 59.5 Å². The summed E-state index contributed by atoms with van der Waals surface area (Å²) in [5.41, 5.74) is 1.91. The van der Waals surface area contributed by atoms with Gasteiger partial charge >= 0.3 is 6.09 Å². The molecule has 0 atom stereocenters. The molecule has 0 saturated heterocycles. The van der Waals surface area contributed by atoms with Gasteiger partial charge in [0, 0.05) is 48.6 Å². The van der Waals surface area contributed by atoms with Gasteiger partial charge in [0.05, 0.1) is 12.0 Å². The van der Waals surface area contributed by atoms with E-state index in [4.69, 9.17) is 13.9 Å². The maximum atomic E-state index is 14.2. The van der Waals surface area contributed by atoms with Gasteiger partial charge in [0.15, 0.2) is 18.4 Å². The normalized spacial score (nSPS) is 11.0. The summed E-state index contributed by atoms with van der Waals surface area (Å²) in [7, 11) is 1.43. The van der Waals surface area contributed by atoms with Crippen LogP contribution in [0.4, 0.5) is 20.7 Å². The zero-order chi connectivity index (χ0) is 31.9. The summed E-state index contributed by atoms with van der Waals surface area (Å²) in [6.45, 7) is 5.89. The summed E-state index contributed by atoms with van der Waals surface area (Å²) in [4.78, 5) is 30.6. The van der Waals surface area contributed by atoms with E-state index in [0.29, 0.717) is 34.6 Å². The number of rotatable bonds is 11. The van der Waals surface area contributed by atoms with Crippen molar-refractivity contribution in [3.05, 3.63) is 84.1 Å². The van der Waals surface area contributed by atoms with Gasteiger partial charge in [-0.3, -0.25) is 4.79 Å². The average molecular weight is 602 g/mol. The number of methoxy groups -OCH3 is 1. The molecular weight excluding hydrogens is 569 g/mol. The van der Waals surface area contributed by atoms with Crippen molar-refractivity contribution >= 4 is 23.5 Å². The zero-order valence-electron chi connectivity index (χ0n) is 24.7. The molecule has 12 heteroatoms. The predicted octanol–water partition coefficient (Wildman–Crippen LogP) is 6.44. The van der Waals surface area contributed by atoms with Crippen molar-refractivity contribution < 1.29 is 33.0 Å². The third-order valence-electron chi connectivity index (χ3n) is 6.54. The predicted molar refractivity (Wildman–Crippen MR) is 162 cm³/mol. The molecule has 0 aliphatic heterocycles. The van der Waals surface area contributed by atoms with Crippen LogP contribution in [0.3, 0.4) is 0 Å². The molecule has 0 unspecified atom stereocenters. The summed E-state index contributed by atoms with van der Waals surface area (Å²) in [6, 6.07) is 17.9. The van der Waals surface area contributed by atoms with E-state index in [1.807, 2.05) is 26.8 Å². The number of pyridine rings is 1. The van der Waals surface area contributed by atoms with E-state index in [-0.39, 0.29) is 36.2 Å². The highest BCUT2D eigenvalue weighted by molar-refractivity contribution is 6.03. The van der Waals surface area contributed by atoms with Gasteiger partial charge in [0.1, 0.15) is 23.2 Å². The van der Waals surface area contributed by atoms with Gasteiger partial charge in [-0.1, -0.05) is 12.1 Å². The zero-order valence-corrected chi connectivity index (χ0v) is 24.7. The molecule has 4 rings (SSSR count). The average Bonchev–Trinajstić information content (AvgIpc) is 3.53. The number of nitriles is 1. The minimum Gasteiger partial charge on any atom is -0.467 e. The summed E-state index contributed by atoms with van der Waals surface area (Å²) in [6.07, 6.45) is 0.331. The Morgan fingerprint density at radius 2 is 1.91 bits per heavy atom. The highest BCUT2D eigenvalue weighted by atomic mass is 19.1. The molecule has 0 spiro atoms. The first-order valence-electron chi connectivity index (χ1n) is 13.6. The highest BCUT2D eigenvalue weighted by Gasteiger charge is 2.25. The van der Waals surface area contributed by atoms with Crippen LogP contribution < -0.4 is 15.4 Å². The number of carboxylic acid groups (broad SMARTS) is 1. The SMILES string of the molecule is COCOc1cc(F)ccc1-c1cc(-c2cccc(NCCN(C(=O)O)C(C)(C)C)c2)c(C#N)c(NC(=O)c2ccco2)n1. The second kappa shape index (κ2) is 13.7. The third-order valence-corrected chi connectivity index (χ3v) is 6.54. The van der Waals surface area contributed by atoms with E-state index in [1.54, 1.807) is 30.3 Å².